The Morgan fingerprint density at radius 3 is 2.57 bits per heavy atom. The Morgan fingerprint density at radius 2 is 1.87 bits per heavy atom. The lowest BCUT2D eigenvalue weighted by Gasteiger charge is -2.08. The van der Waals surface area contributed by atoms with E-state index in [1.54, 1.807) is 24.4 Å². The maximum atomic E-state index is 13.5. The number of rotatable bonds is 5. The van der Waals surface area contributed by atoms with Gasteiger partial charge in [0.15, 0.2) is 0 Å². The maximum absolute atomic E-state index is 13.5. The molecule has 0 amide bonds. The summed E-state index contributed by atoms with van der Waals surface area (Å²) >= 11 is 0. The van der Waals surface area contributed by atoms with Crippen molar-refractivity contribution >= 4 is 6.08 Å². The molecule has 0 aliphatic heterocycles. The number of benzene rings is 2. The van der Waals surface area contributed by atoms with E-state index in [1.807, 2.05) is 36.4 Å². The minimum atomic E-state index is -0.282. The van der Waals surface area contributed by atoms with Crippen LogP contribution in [0.1, 0.15) is 11.1 Å². The van der Waals surface area contributed by atoms with E-state index in [4.69, 9.17) is 4.74 Å². The Morgan fingerprint density at radius 1 is 1.04 bits per heavy atom. The van der Waals surface area contributed by atoms with E-state index in [9.17, 15) is 4.39 Å². The van der Waals surface area contributed by atoms with Crippen molar-refractivity contribution in [3.05, 3.63) is 90.4 Å². The van der Waals surface area contributed by atoms with Crippen LogP contribution in [0.25, 0.3) is 17.2 Å². The third-order valence-corrected chi connectivity index (χ3v) is 3.51. The fraction of sp³-hybridized carbons (Fsp3) is 0.0500. The van der Waals surface area contributed by atoms with Gasteiger partial charge in [-0.2, -0.15) is 0 Å². The number of pyridine rings is 1. The first-order chi connectivity index (χ1) is 11.3. The molecule has 1 aromatic heterocycles. The molecule has 0 radical (unpaired) electrons. The zero-order valence-corrected chi connectivity index (χ0v) is 12.6. The normalized spacial score (nSPS) is 10.3. The van der Waals surface area contributed by atoms with Gasteiger partial charge in [-0.3, -0.25) is 0 Å². The van der Waals surface area contributed by atoms with Crippen molar-refractivity contribution in [1.82, 2.24) is 4.98 Å². The molecule has 0 bridgehead atoms. The Kier molecular flexibility index (Phi) is 4.48. The number of hydrogen-bond acceptors (Lipinski definition) is 2. The van der Waals surface area contributed by atoms with Crippen LogP contribution in [0.15, 0.2) is 73.4 Å². The Hall–Kier alpha value is -2.94. The summed E-state index contributed by atoms with van der Waals surface area (Å²) in [6.45, 7) is 4.22. The SMILES string of the molecule is C=Cc1ccc(F)cc1-c1ccc(OCc2ccccc2)nc1. The van der Waals surface area contributed by atoms with E-state index in [0.29, 0.717) is 12.5 Å². The van der Waals surface area contributed by atoms with Gasteiger partial charge in [-0.25, -0.2) is 9.37 Å². The molecule has 0 spiro atoms. The molecule has 3 aromatic rings. The minimum absolute atomic E-state index is 0.282. The van der Waals surface area contributed by atoms with Crippen molar-refractivity contribution in [2.45, 2.75) is 6.61 Å². The lowest BCUT2D eigenvalue weighted by Crippen LogP contribution is -1.97. The van der Waals surface area contributed by atoms with Crippen LogP contribution in [-0.2, 0) is 6.61 Å². The van der Waals surface area contributed by atoms with Crippen LogP contribution in [-0.4, -0.2) is 4.98 Å². The second-order valence-electron chi connectivity index (χ2n) is 5.10. The van der Waals surface area contributed by atoms with Gasteiger partial charge in [0.2, 0.25) is 5.88 Å². The molecule has 0 aliphatic carbocycles. The van der Waals surface area contributed by atoms with Gasteiger partial charge in [0.25, 0.3) is 0 Å². The van der Waals surface area contributed by atoms with E-state index in [1.165, 1.54) is 12.1 Å². The van der Waals surface area contributed by atoms with Crippen LogP contribution in [0.4, 0.5) is 4.39 Å². The molecule has 0 saturated carbocycles. The van der Waals surface area contributed by atoms with Gasteiger partial charge in [0, 0.05) is 17.8 Å². The highest BCUT2D eigenvalue weighted by atomic mass is 19.1. The smallest absolute Gasteiger partial charge is 0.213 e. The summed E-state index contributed by atoms with van der Waals surface area (Å²) in [5.41, 5.74) is 3.54. The van der Waals surface area contributed by atoms with Crippen molar-refractivity contribution < 1.29 is 9.13 Å². The van der Waals surface area contributed by atoms with Gasteiger partial charge >= 0.3 is 0 Å². The van der Waals surface area contributed by atoms with E-state index in [0.717, 1.165) is 22.3 Å². The van der Waals surface area contributed by atoms with Crippen LogP contribution in [0, 0.1) is 5.82 Å². The molecule has 3 heteroatoms. The van der Waals surface area contributed by atoms with E-state index in [2.05, 4.69) is 11.6 Å². The standard InChI is InChI=1S/C20H16FNO/c1-2-16-8-10-18(21)12-19(16)17-9-11-20(22-13-17)23-14-15-6-4-3-5-7-15/h2-13H,1,14H2. The van der Waals surface area contributed by atoms with Crippen LogP contribution >= 0.6 is 0 Å². The van der Waals surface area contributed by atoms with Crippen LogP contribution in [0.3, 0.4) is 0 Å². The molecule has 0 atom stereocenters. The Bertz CT molecular complexity index is 798. The van der Waals surface area contributed by atoms with E-state index in [-0.39, 0.29) is 5.82 Å². The first kappa shape index (κ1) is 15.0. The molecule has 1 heterocycles. The lowest BCUT2D eigenvalue weighted by atomic mass is 10.0. The summed E-state index contributed by atoms with van der Waals surface area (Å²) in [6.07, 6.45) is 3.39. The number of aromatic nitrogens is 1. The minimum Gasteiger partial charge on any atom is -0.473 e. The molecule has 23 heavy (non-hydrogen) atoms. The van der Waals surface area contributed by atoms with Crippen LogP contribution in [0.5, 0.6) is 5.88 Å². The zero-order valence-electron chi connectivity index (χ0n) is 12.6. The first-order valence-electron chi connectivity index (χ1n) is 7.31. The second kappa shape index (κ2) is 6.88. The second-order valence-corrected chi connectivity index (χ2v) is 5.10. The third-order valence-electron chi connectivity index (χ3n) is 3.51. The summed E-state index contributed by atoms with van der Waals surface area (Å²) in [5.74, 6) is 0.254. The van der Waals surface area contributed by atoms with Crippen LogP contribution in [0.2, 0.25) is 0 Å². The quantitative estimate of drug-likeness (QED) is 0.653. The van der Waals surface area contributed by atoms with Crippen molar-refractivity contribution in [3.8, 4) is 17.0 Å². The highest BCUT2D eigenvalue weighted by Crippen LogP contribution is 2.26. The lowest BCUT2D eigenvalue weighted by molar-refractivity contribution is 0.294. The fourth-order valence-electron chi connectivity index (χ4n) is 2.31. The zero-order chi connectivity index (χ0) is 16.1. The van der Waals surface area contributed by atoms with Crippen molar-refractivity contribution in [3.63, 3.8) is 0 Å². The highest BCUT2D eigenvalue weighted by Gasteiger charge is 2.06. The monoisotopic (exact) mass is 305 g/mol. The van der Waals surface area contributed by atoms with E-state index < -0.39 is 0 Å². The molecule has 2 aromatic carbocycles. The number of nitrogens with zero attached hydrogens (tertiary/aromatic N) is 1. The molecule has 114 valence electrons. The average molecular weight is 305 g/mol. The molecule has 0 unspecified atom stereocenters. The predicted molar refractivity (Wildman–Crippen MR) is 90.5 cm³/mol. The van der Waals surface area contributed by atoms with Gasteiger partial charge in [0.05, 0.1) is 0 Å². The molecule has 3 rings (SSSR count). The molecule has 0 saturated heterocycles. The molecule has 0 fully saturated rings. The predicted octanol–water partition coefficient (Wildman–Crippen LogP) is 5.11. The van der Waals surface area contributed by atoms with Gasteiger partial charge in [-0.15, -0.1) is 0 Å². The van der Waals surface area contributed by atoms with Crippen molar-refractivity contribution in [2.24, 2.45) is 0 Å². The Balaban J connectivity index is 1.77. The summed E-state index contributed by atoms with van der Waals surface area (Å²) in [4.78, 5) is 4.30. The summed E-state index contributed by atoms with van der Waals surface area (Å²) in [7, 11) is 0. The van der Waals surface area contributed by atoms with Gasteiger partial charge < -0.3 is 4.74 Å². The summed E-state index contributed by atoms with van der Waals surface area (Å²) in [6, 6.07) is 18.2. The van der Waals surface area contributed by atoms with Crippen molar-refractivity contribution in [2.75, 3.05) is 0 Å². The summed E-state index contributed by atoms with van der Waals surface area (Å²) in [5, 5.41) is 0. The fourth-order valence-corrected chi connectivity index (χ4v) is 2.31. The van der Waals surface area contributed by atoms with Crippen molar-refractivity contribution in [1.29, 1.82) is 0 Å². The summed E-state index contributed by atoms with van der Waals surface area (Å²) < 4.78 is 19.1. The first-order valence-corrected chi connectivity index (χ1v) is 7.31. The number of ether oxygens (including phenoxy) is 1. The maximum Gasteiger partial charge on any atom is 0.213 e. The average Bonchev–Trinajstić information content (AvgIpc) is 2.61. The van der Waals surface area contributed by atoms with E-state index >= 15 is 0 Å². The number of hydrogen-bond donors (Lipinski definition) is 0. The van der Waals surface area contributed by atoms with Crippen LogP contribution < -0.4 is 4.74 Å². The highest BCUT2D eigenvalue weighted by molar-refractivity contribution is 5.74. The van der Waals surface area contributed by atoms with Gasteiger partial charge in [-0.05, 0) is 34.9 Å². The molecular formula is C20H16FNO. The molecule has 0 N–H and O–H groups in total. The third kappa shape index (κ3) is 3.64. The topological polar surface area (TPSA) is 22.1 Å². The van der Waals surface area contributed by atoms with Gasteiger partial charge in [-0.1, -0.05) is 49.1 Å². The molecule has 2 nitrogen and oxygen atoms in total. The van der Waals surface area contributed by atoms with Gasteiger partial charge in [0.1, 0.15) is 12.4 Å². The largest absolute Gasteiger partial charge is 0.473 e. The number of halogens is 1. The molecule has 0 aliphatic rings. The molecular weight excluding hydrogens is 289 g/mol. The Labute approximate surface area is 134 Å².